The van der Waals surface area contributed by atoms with Crippen LogP contribution in [0.3, 0.4) is 0 Å². The molecular formula is C12H9N5O5. The van der Waals surface area contributed by atoms with E-state index in [1.54, 1.807) is 6.92 Å². The van der Waals surface area contributed by atoms with E-state index in [0.29, 0.717) is 17.3 Å². The SMILES string of the molecule is Cc1nc(Cn2nc(-c3ccc([N+](=O)[O-])cc3)oc2=O)no1. The van der Waals surface area contributed by atoms with Crippen molar-refractivity contribution in [3.05, 3.63) is 56.6 Å². The molecular weight excluding hydrogens is 294 g/mol. The number of rotatable bonds is 4. The van der Waals surface area contributed by atoms with Gasteiger partial charge >= 0.3 is 5.76 Å². The Labute approximate surface area is 122 Å². The maximum Gasteiger partial charge on any atom is 0.437 e. The minimum Gasteiger partial charge on any atom is -0.388 e. The van der Waals surface area contributed by atoms with Gasteiger partial charge in [0.15, 0.2) is 5.82 Å². The molecule has 0 aliphatic carbocycles. The fourth-order valence-electron chi connectivity index (χ4n) is 1.79. The summed E-state index contributed by atoms with van der Waals surface area (Å²) in [6.45, 7) is 1.64. The van der Waals surface area contributed by atoms with Crippen LogP contribution in [0.4, 0.5) is 5.69 Å². The summed E-state index contributed by atoms with van der Waals surface area (Å²) >= 11 is 0. The zero-order chi connectivity index (χ0) is 15.7. The van der Waals surface area contributed by atoms with Crippen LogP contribution in [0.2, 0.25) is 0 Å². The molecule has 0 aliphatic rings. The topological polar surface area (TPSA) is 130 Å². The average molecular weight is 303 g/mol. The van der Waals surface area contributed by atoms with E-state index >= 15 is 0 Å². The molecule has 22 heavy (non-hydrogen) atoms. The Hall–Kier alpha value is -3.30. The molecule has 0 fully saturated rings. The maximum absolute atomic E-state index is 11.7. The van der Waals surface area contributed by atoms with Crippen molar-refractivity contribution in [3.63, 3.8) is 0 Å². The van der Waals surface area contributed by atoms with Crippen LogP contribution in [-0.4, -0.2) is 24.8 Å². The van der Waals surface area contributed by atoms with Crippen molar-refractivity contribution >= 4 is 5.69 Å². The van der Waals surface area contributed by atoms with Gasteiger partial charge in [0.1, 0.15) is 6.54 Å². The predicted octanol–water partition coefficient (Wildman–Crippen LogP) is 1.15. The van der Waals surface area contributed by atoms with E-state index in [4.69, 9.17) is 8.94 Å². The Morgan fingerprint density at radius 3 is 2.64 bits per heavy atom. The summed E-state index contributed by atoms with van der Waals surface area (Å²) in [4.78, 5) is 25.8. The Balaban J connectivity index is 1.88. The van der Waals surface area contributed by atoms with Gasteiger partial charge in [-0.25, -0.2) is 4.79 Å². The highest BCUT2D eigenvalue weighted by molar-refractivity contribution is 5.55. The fraction of sp³-hybridized carbons (Fsp3) is 0.167. The molecule has 0 amide bonds. The first-order valence-corrected chi connectivity index (χ1v) is 6.15. The zero-order valence-electron chi connectivity index (χ0n) is 11.3. The summed E-state index contributed by atoms with van der Waals surface area (Å²) in [7, 11) is 0. The van der Waals surface area contributed by atoms with Gasteiger partial charge in [0, 0.05) is 24.6 Å². The number of aromatic nitrogens is 4. The van der Waals surface area contributed by atoms with Crippen LogP contribution in [0.15, 0.2) is 38.0 Å². The lowest BCUT2D eigenvalue weighted by atomic mass is 10.2. The molecule has 0 saturated carbocycles. The van der Waals surface area contributed by atoms with Crippen LogP contribution < -0.4 is 5.76 Å². The van der Waals surface area contributed by atoms with Crippen LogP contribution in [-0.2, 0) is 6.54 Å². The van der Waals surface area contributed by atoms with E-state index in [2.05, 4.69) is 15.2 Å². The minimum absolute atomic E-state index is 0.00660. The molecule has 2 heterocycles. The quantitative estimate of drug-likeness (QED) is 0.518. The van der Waals surface area contributed by atoms with Crippen molar-refractivity contribution in [2.24, 2.45) is 0 Å². The lowest BCUT2D eigenvalue weighted by Crippen LogP contribution is -2.17. The van der Waals surface area contributed by atoms with Crippen LogP contribution in [0.5, 0.6) is 0 Å². The van der Waals surface area contributed by atoms with Crippen LogP contribution in [0.1, 0.15) is 11.7 Å². The summed E-state index contributed by atoms with van der Waals surface area (Å²) in [5.41, 5.74) is 0.388. The van der Waals surface area contributed by atoms with E-state index in [0.717, 1.165) is 4.68 Å². The second-order valence-electron chi connectivity index (χ2n) is 4.36. The number of nitrogens with zero attached hydrogens (tertiary/aromatic N) is 5. The van der Waals surface area contributed by atoms with Gasteiger partial charge in [-0.05, 0) is 12.1 Å². The third kappa shape index (κ3) is 2.61. The van der Waals surface area contributed by atoms with Crippen LogP contribution in [0.25, 0.3) is 11.5 Å². The molecule has 10 nitrogen and oxygen atoms in total. The first kappa shape index (κ1) is 13.7. The van der Waals surface area contributed by atoms with Gasteiger partial charge in [0.2, 0.25) is 11.8 Å². The molecule has 3 rings (SSSR count). The molecule has 0 atom stereocenters. The van der Waals surface area contributed by atoms with Gasteiger partial charge in [-0.1, -0.05) is 5.16 Å². The third-order valence-electron chi connectivity index (χ3n) is 2.79. The normalized spacial score (nSPS) is 10.8. The van der Waals surface area contributed by atoms with Crippen LogP contribution >= 0.6 is 0 Å². The van der Waals surface area contributed by atoms with E-state index in [9.17, 15) is 14.9 Å². The smallest absolute Gasteiger partial charge is 0.388 e. The lowest BCUT2D eigenvalue weighted by Gasteiger charge is -1.94. The van der Waals surface area contributed by atoms with Crippen molar-refractivity contribution in [2.75, 3.05) is 0 Å². The van der Waals surface area contributed by atoms with E-state index in [1.807, 2.05) is 0 Å². The number of non-ortho nitro benzene ring substituents is 1. The Morgan fingerprint density at radius 2 is 2.05 bits per heavy atom. The van der Waals surface area contributed by atoms with E-state index in [-0.39, 0.29) is 18.1 Å². The Bertz CT molecular complexity index is 876. The molecule has 0 saturated heterocycles. The maximum atomic E-state index is 11.7. The molecule has 10 heteroatoms. The third-order valence-corrected chi connectivity index (χ3v) is 2.79. The van der Waals surface area contributed by atoms with Gasteiger partial charge in [0.05, 0.1) is 4.92 Å². The number of nitro benzene ring substituents is 1. The summed E-state index contributed by atoms with van der Waals surface area (Å²) in [6.07, 6.45) is 0. The first-order valence-electron chi connectivity index (χ1n) is 6.15. The zero-order valence-corrected chi connectivity index (χ0v) is 11.3. The lowest BCUT2D eigenvalue weighted by molar-refractivity contribution is -0.384. The molecule has 3 aromatic rings. The van der Waals surface area contributed by atoms with Gasteiger partial charge in [0.25, 0.3) is 5.69 Å². The van der Waals surface area contributed by atoms with Crippen molar-refractivity contribution in [1.29, 1.82) is 0 Å². The predicted molar refractivity (Wildman–Crippen MR) is 71.0 cm³/mol. The van der Waals surface area contributed by atoms with E-state index in [1.165, 1.54) is 24.3 Å². The highest BCUT2D eigenvalue weighted by atomic mass is 16.6. The molecule has 0 aliphatic heterocycles. The molecule has 0 N–H and O–H groups in total. The summed E-state index contributed by atoms with van der Waals surface area (Å²) < 4.78 is 10.9. The van der Waals surface area contributed by atoms with Gasteiger partial charge in [-0.2, -0.15) is 9.67 Å². The molecule has 0 radical (unpaired) electrons. The highest BCUT2D eigenvalue weighted by Gasteiger charge is 2.14. The standard InChI is InChI=1S/C12H9N5O5/c1-7-13-10(15-22-7)6-16-12(18)21-11(14-16)8-2-4-9(5-3-8)17(19)20/h2-5H,6H2,1H3. The number of benzene rings is 1. The fourth-order valence-corrected chi connectivity index (χ4v) is 1.79. The van der Waals surface area contributed by atoms with Gasteiger partial charge < -0.3 is 8.94 Å². The van der Waals surface area contributed by atoms with Crippen molar-refractivity contribution in [3.8, 4) is 11.5 Å². The molecule has 112 valence electrons. The summed E-state index contributed by atoms with van der Waals surface area (Å²) in [5.74, 6) is 0.0428. The molecule has 2 aromatic heterocycles. The average Bonchev–Trinajstić information content (AvgIpc) is 3.06. The number of hydrogen-bond acceptors (Lipinski definition) is 8. The van der Waals surface area contributed by atoms with Crippen molar-refractivity contribution < 1.29 is 13.9 Å². The van der Waals surface area contributed by atoms with Crippen molar-refractivity contribution in [2.45, 2.75) is 13.5 Å². The Morgan fingerprint density at radius 1 is 1.32 bits per heavy atom. The van der Waals surface area contributed by atoms with Gasteiger partial charge in [-0.3, -0.25) is 10.1 Å². The highest BCUT2D eigenvalue weighted by Crippen LogP contribution is 2.19. The largest absolute Gasteiger partial charge is 0.437 e. The molecule has 0 bridgehead atoms. The minimum atomic E-state index is -0.684. The second-order valence-corrected chi connectivity index (χ2v) is 4.36. The first-order chi connectivity index (χ1) is 10.5. The number of hydrogen-bond donors (Lipinski definition) is 0. The number of aryl methyl sites for hydroxylation is 1. The van der Waals surface area contributed by atoms with E-state index < -0.39 is 10.7 Å². The Kier molecular flexibility index (Phi) is 3.26. The second kappa shape index (κ2) is 5.24. The van der Waals surface area contributed by atoms with Gasteiger partial charge in [-0.15, -0.1) is 5.10 Å². The molecule has 0 spiro atoms. The summed E-state index contributed by atoms with van der Waals surface area (Å²) in [6, 6.07) is 5.51. The van der Waals surface area contributed by atoms with Crippen molar-refractivity contribution in [1.82, 2.24) is 19.9 Å². The molecule has 1 aromatic carbocycles. The monoisotopic (exact) mass is 303 g/mol. The number of nitro groups is 1. The summed E-state index contributed by atoms with van der Waals surface area (Å²) in [5, 5.41) is 18.3. The van der Waals surface area contributed by atoms with Crippen LogP contribution in [0, 0.1) is 17.0 Å². The molecule has 0 unspecified atom stereocenters.